The number of nitrogens with zero attached hydrogens (tertiary/aromatic N) is 4. The normalized spacial score (nSPS) is 11.2. The number of hydrogen-bond acceptors (Lipinski definition) is 5. The van der Waals surface area contributed by atoms with Gasteiger partial charge in [0.2, 0.25) is 5.91 Å². The minimum Gasteiger partial charge on any atom is -0.369 e. The predicted molar refractivity (Wildman–Crippen MR) is 125 cm³/mol. The lowest BCUT2D eigenvalue weighted by Crippen LogP contribution is -2.27. The zero-order valence-electron chi connectivity index (χ0n) is 17.8. The van der Waals surface area contributed by atoms with E-state index in [0.717, 1.165) is 49.1 Å². The molecule has 0 saturated heterocycles. The SMILES string of the molecule is C/C(=C\c1ccccc1)C(=O)NCCn1cc(CCCCCc2cnc(N)[nH]2)nn1.Cl. The number of carbonyl (C=O) groups excluding carboxylic acids is 1. The molecule has 0 unspecified atom stereocenters. The third-order valence-corrected chi connectivity index (χ3v) is 4.78. The Morgan fingerprint density at radius 3 is 2.71 bits per heavy atom. The molecular formula is C22H30ClN7O. The van der Waals surface area contributed by atoms with E-state index in [-0.39, 0.29) is 18.3 Å². The molecule has 2 aromatic heterocycles. The Hall–Kier alpha value is -3.13. The van der Waals surface area contributed by atoms with Gasteiger partial charge >= 0.3 is 0 Å². The zero-order chi connectivity index (χ0) is 21.2. The number of anilines is 1. The molecule has 0 aliphatic carbocycles. The Morgan fingerprint density at radius 2 is 1.97 bits per heavy atom. The number of nitrogens with one attached hydrogen (secondary N) is 2. The number of carbonyl (C=O) groups is 1. The summed E-state index contributed by atoms with van der Waals surface area (Å²) >= 11 is 0. The number of nitrogens with two attached hydrogens (primary N) is 1. The summed E-state index contributed by atoms with van der Waals surface area (Å²) in [5, 5.41) is 11.3. The minimum absolute atomic E-state index is 0. The van der Waals surface area contributed by atoms with Crippen molar-refractivity contribution in [3.05, 3.63) is 65.2 Å². The second-order valence-electron chi connectivity index (χ2n) is 7.32. The Labute approximate surface area is 188 Å². The van der Waals surface area contributed by atoms with Gasteiger partial charge in [0.05, 0.1) is 18.4 Å². The number of benzene rings is 1. The lowest BCUT2D eigenvalue weighted by Gasteiger charge is -2.05. The van der Waals surface area contributed by atoms with Crippen LogP contribution in [0.4, 0.5) is 5.95 Å². The van der Waals surface area contributed by atoms with E-state index in [0.29, 0.717) is 24.6 Å². The van der Waals surface area contributed by atoms with Gasteiger partial charge in [0.1, 0.15) is 0 Å². The van der Waals surface area contributed by atoms with Crippen molar-refractivity contribution in [1.82, 2.24) is 30.3 Å². The number of rotatable bonds is 11. The Kier molecular flexibility index (Phi) is 9.77. The quantitative estimate of drug-likeness (QED) is 0.311. The molecule has 1 aromatic carbocycles. The average molecular weight is 444 g/mol. The highest BCUT2D eigenvalue weighted by Crippen LogP contribution is 2.08. The number of unbranched alkanes of at least 4 members (excludes halogenated alkanes) is 2. The van der Waals surface area contributed by atoms with E-state index in [4.69, 9.17) is 5.73 Å². The molecule has 8 nitrogen and oxygen atoms in total. The molecule has 166 valence electrons. The number of aromatic amines is 1. The fourth-order valence-electron chi connectivity index (χ4n) is 3.15. The molecule has 3 rings (SSSR count). The molecule has 0 aliphatic heterocycles. The molecule has 0 radical (unpaired) electrons. The second-order valence-corrected chi connectivity index (χ2v) is 7.32. The minimum atomic E-state index is -0.0711. The first-order valence-electron chi connectivity index (χ1n) is 10.3. The molecule has 0 aliphatic rings. The highest BCUT2D eigenvalue weighted by Gasteiger charge is 2.05. The van der Waals surface area contributed by atoms with Crippen LogP contribution < -0.4 is 11.1 Å². The third-order valence-electron chi connectivity index (χ3n) is 4.78. The van der Waals surface area contributed by atoms with Gasteiger partial charge < -0.3 is 16.0 Å². The Morgan fingerprint density at radius 1 is 1.19 bits per heavy atom. The van der Waals surface area contributed by atoms with Crippen molar-refractivity contribution in [3.63, 3.8) is 0 Å². The van der Waals surface area contributed by atoms with E-state index in [1.54, 1.807) is 10.9 Å². The van der Waals surface area contributed by atoms with Gasteiger partial charge in [0.15, 0.2) is 5.95 Å². The van der Waals surface area contributed by atoms with Crippen LogP contribution in [-0.2, 0) is 24.2 Å². The maximum atomic E-state index is 12.2. The summed E-state index contributed by atoms with van der Waals surface area (Å²) in [6.45, 7) is 2.92. The highest BCUT2D eigenvalue weighted by molar-refractivity contribution is 5.97. The summed E-state index contributed by atoms with van der Waals surface area (Å²) < 4.78 is 1.78. The number of hydrogen-bond donors (Lipinski definition) is 3. The molecule has 4 N–H and O–H groups in total. The van der Waals surface area contributed by atoms with Crippen molar-refractivity contribution >= 4 is 30.3 Å². The van der Waals surface area contributed by atoms with Crippen LogP contribution in [0.3, 0.4) is 0 Å². The molecule has 9 heteroatoms. The zero-order valence-corrected chi connectivity index (χ0v) is 18.6. The van der Waals surface area contributed by atoms with Gasteiger partial charge in [0.25, 0.3) is 0 Å². The summed E-state index contributed by atoms with van der Waals surface area (Å²) in [5.41, 5.74) is 9.32. The molecule has 0 bridgehead atoms. The maximum Gasteiger partial charge on any atom is 0.246 e. The summed E-state index contributed by atoms with van der Waals surface area (Å²) in [7, 11) is 0. The number of halogens is 1. The molecular weight excluding hydrogens is 414 g/mol. The largest absolute Gasteiger partial charge is 0.369 e. The fourth-order valence-corrected chi connectivity index (χ4v) is 3.15. The van der Waals surface area contributed by atoms with E-state index in [1.807, 2.05) is 49.5 Å². The molecule has 0 spiro atoms. The first kappa shape index (κ1) is 24.1. The molecule has 0 atom stereocenters. The van der Waals surface area contributed by atoms with E-state index < -0.39 is 0 Å². The van der Waals surface area contributed by atoms with Crippen molar-refractivity contribution < 1.29 is 4.79 Å². The van der Waals surface area contributed by atoms with E-state index in [2.05, 4.69) is 25.6 Å². The first-order chi connectivity index (χ1) is 14.6. The van der Waals surface area contributed by atoms with Gasteiger partial charge in [-0.1, -0.05) is 42.0 Å². The van der Waals surface area contributed by atoms with Gasteiger partial charge in [-0.05, 0) is 44.2 Å². The smallest absolute Gasteiger partial charge is 0.246 e. The number of amides is 1. The van der Waals surface area contributed by atoms with E-state index in [9.17, 15) is 4.79 Å². The predicted octanol–water partition coefficient (Wildman–Crippen LogP) is 3.18. The molecule has 0 saturated carbocycles. The van der Waals surface area contributed by atoms with Gasteiger partial charge in [0, 0.05) is 24.0 Å². The summed E-state index contributed by atoms with van der Waals surface area (Å²) in [4.78, 5) is 19.3. The number of aryl methyl sites for hydroxylation is 2. The molecule has 0 fully saturated rings. The monoisotopic (exact) mass is 443 g/mol. The van der Waals surface area contributed by atoms with Crippen molar-refractivity contribution in [2.75, 3.05) is 12.3 Å². The van der Waals surface area contributed by atoms with Crippen molar-refractivity contribution in [1.29, 1.82) is 0 Å². The average Bonchev–Trinajstić information content (AvgIpc) is 3.37. The fraction of sp³-hybridized carbons (Fsp3) is 0.364. The van der Waals surface area contributed by atoms with Crippen LogP contribution in [-0.4, -0.2) is 37.4 Å². The van der Waals surface area contributed by atoms with Crippen molar-refractivity contribution in [3.8, 4) is 0 Å². The highest BCUT2D eigenvalue weighted by atomic mass is 35.5. The van der Waals surface area contributed by atoms with Crippen LogP contribution in [0.5, 0.6) is 0 Å². The lowest BCUT2D eigenvalue weighted by atomic mass is 10.1. The molecule has 31 heavy (non-hydrogen) atoms. The number of aromatic nitrogens is 5. The van der Waals surface area contributed by atoms with Crippen LogP contribution in [0.15, 0.2) is 48.3 Å². The summed E-state index contributed by atoms with van der Waals surface area (Å²) in [5.74, 6) is 0.401. The topological polar surface area (TPSA) is 115 Å². The van der Waals surface area contributed by atoms with Gasteiger partial charge in [-0.2, -0.15) is 0 Å². The van der Waals surface area contributed by atoms with Crippen molar-refractivity contribution in [2.45, 2.75) is 45.6 Å². The van der Waals surface area contributed by atoms with Crippen LogP contribution in [0, 0.1) is 0 Å². The van der Waals surface area contributed by atoms with Crippen LogP contribution in [0.25, 0.3) is 6.08 Å². The Bertz CT molecular complexity index is 965. The van der Waals surface area contributed by atoms with Crippen LogP contribution in [0.2, 0.25) is 0 Å². The van der Waals surface area contributed by atoms with E-state index in [1.165, 1.54) is 0 Å². The van der Waals surface area contributed by atoms with Crippen LogP contribution >= 0.6 is 12.4 Å². The van der Waals surface area contributed by atoms with Gasteiger partial charge in [-0.15, -0.1) is 17.5 Å². The van der Waals surface area contributed by atoms with Crippen LogP contribution in [0.1, 0.15) is 43.1 Å². The molecule has 1 amide bonds. The maximum absolute atomic E-state index is 12.2. The lowest BCUT2D eigenvalue weighted by molar-refractivity contribution is -0.117. The second kappa shape index (κ2) is 12.5. The molecule has 2 heterocycles. The standard InChI is InChI=1S/C22H29N7O.ClH/c1-17(14-18-8-4-2-5-9-18)21(30)24-12-13-29-16-20(27-28-29)11-7-3-6-10-19-15-25-22(23)26-19;/h2,4-5,8-9,14-16H,3,6-7,10-13H2,1H3,(H,24,30)(H3,23,25,26);1H/b17-14+;. The number of H-pyrrole nitrogens is 1. The van der Waals surface area contributed by atoms with Gasteiger partial charge in [-0.25, -0.2) is 4.98 Å². The van der Waals surface area contributed by atoms with Gasteiger partial charge in [-0.3, -0.25) is 9.48 Å². The number of nitrogen functional groups attached to an aromatic ring is 1. The van der Waals surface area contributed by atoms with E-state index >= 15 is 0 Å². The summed E-state index contributed by atoms with van der Waals surface area (Å²) in [6, 6.07) is 9.81. The number of imidazole rings is 1. The Balaban J connectivity index is 0.00000341. The van der Waals surface area contributed by atoms with Crippen molar-refractivity contribution in [2.24, 2.45) is 0 Å². The summed E-state index contributed by atoms with van der Waals surface area (Å²) in [6.07, 6.45) is 10.7. The first-order valence-corrected chi connectivity index (χ1v) is 10.3. The molecule has 3 aromatic rings. The third kappa shape index (κ3) is 8.25.